The number of hydrogen-bond donors (Lipinski definition) is 1. The number of carbonyl (C=O) groups is 2. The summed E-state index contributed by atoms with van der Waals surface area (Å²) < 4.78 is 0. The van der Waals surface area contributed by atoms with Crippen molar-refractivity contribution in [2.24, 2.45) is 4.99 Å². The van der Waals surface area contributed by atoms with Crippen LogP contribution in [0.1, 0.15) is 43.9 Å². The largest absolute Gasteiger partial charge is 0.506 e. The molecule has 0 amide bonds. The molecule has 4 aromatic rings. The highest BCUT2D eigenvalue weighted by Gasteiger charge is 2.17. The zero-order valence-corrected chi connectivity index (χ0v) is 20.7. The Morgan fingerprint density at radius 1 is 1.06 bits per heavy atom. The number of rotatable bonds is 9. The standard InChI is InChI=1S/C26H21ClN2O3S2/c1-16(20-15-33-26(25(20)32)17-5-4-6-18(27)13-17)29-14-22(31)24-11-10-23(34-24)21(30)9-8-19-7-2-3-12-28-19/h2-7,10-13,15,32H,8-9,14H2,1H3. The number of Topliss-reactive ketones (excluding diaryl/α,β-unsaturated/α-hetero) is 2. The number of benzene rings is 1. The van der Waals surface area contributed by atoms with Crippen LogP contribution in [0.25, 0.3) is 10.4 Å². The van der Waals surface area contributed by atoms with Gasteiger partial charge in [-0.3, -0.25) is 19.6 Å². The lowest BCUT2D eigenvalue weighted by atomic mass is 10.1. The molecule has 0 atom stereocenters. The van der Waals surface area contributed by atoms with Gasteiger partial charge in [-0.05, 0) is 55.3 Å². The first-order chi connectivity index (χ1) is 16.4. The number of halogens is 1. The highest BCUT2D eigenvalue weighted by Crippen LogP contribution is 2.39. The van der Waals surface area contributed by atoms with E-state index in [-0.39, 0.29) is 23.9 Å². The molecule has 172 valence electrons. The van der Waals surface area contributed by atoms with E-state index in [0.29, 0.717) is 43.8 Å². The minimum absolute atomic E-state index is 0.00822. The Balaban J connectivity index is 1.39. The van der Waals surface area contributed by atoms with Crippen LogP contribution in [0.2, 0.25) is 5.02 Å². The second-order valence-corrected chi connectivity index (χ2v) is 9.97. The monoisotopic (exact) mass is 508 g/mol. The number of aliphatic imine (C=N–C) groups is 1. The predicted octanol–water partition coefficient (Wildman–Crippen LogP) is 6.74. The number of nitrogens with zero attached hydrogens (tertiary/aromatic N) is 2. The summed E-state index contributed by atoms with van der Waals surface area (Å²) in [6.07, 6.45) is 2.61. The summed E-state index contributed by atoms with van der Waals surface area (Å²) in [7, 11) is 0. The highest BCUT2D eigenvalue weighted by atomic mass is 35.5. The van der Waals surface area contributed by atoms with Crippen LogP contribution in [0.3, 0.4) is 0 Å². The summed E-state index contributed by atoms with van der Waals surface area (Å²) in [6.45, 7) is 1.70. The van der Waals surface area contributed by atoms with Gasteiger partial charge in [-0.1, -0.05) is 29.8 Å². The normalized spacial score (nSPS) is 11.5. The molecule has 1 N–H and O–H groups in total. The Kier molecular flexibility index (Phi) is 7.67. The van der Waals surface area contributed by atoms with Crippen LogP contribution < -0.4 is 0 Å². The summed E-state index contributed by atoms with van der Waals surface area (Å²) in [5.74, 6) is -0.0538. The van der Waals surface area contributed by atoms with E-state index in [1.54, 1.807) is 37.4 Å². The predicted molar refractivity (Wildman–Crippen MR) is 139 cm³/mol. The number of carbonyl (C=O) groups excluding carboxylic acids is 2. The number of thiophene rings is 2. The van der Waals surface area contributed by atoms with Gasteiger partial charge in [0.05, 0.1) is 14.6 Å². The molecule has 0 radical (unpaired) electrons. The van der Waals surface area contributed by atoms with E-state index in [1.807, 2.05) is 35.7 Å². The number of hydrogen-bond acceptors (Lipinski definition) is 7. The van der Waals surface area contributed by atoms with Crippen molar-refractivity contribution in [2.45, 2.75) is 19.8 Å². The van der Waals surface area contributed by atoms with Gasteiger partial charge in [0.15, 0.2) is 11.6 Å². The van der Waals surface area contributed by atoms with E-state index in [1.165, 1.54) is 22.7 Å². The number of pyridine rings is 1. The highest BCUT2D eigenvalue weighted by molar-refractivity contribution is 7.16. The molecule has 0 fully saturated rings. The van der Waals surface area contributed by atoms with Crippen LogP contribution in [-0.2, 0) is 6.42 Å². The molecule has 4 rings (SSSR count). The molecule has 0 unspecified atom stereocenters. The van der Waals surface area contributed by atoms with E-state index < -0.39 is 0 Å². The zero-order chi connectivity index (χ0) is 24.1. The van der Waals surface area contributed by atoms with Crippen molar-refractivity contribution >= 4 is 51.6 Å². The summed E-state index contributed by atoms with van der Waals surface area (Å²) in [5, 5.41) is 13.1. The fourth-order valence-electron chi connectivity index (χ4n) is 3.34. The maximum absolute atomic E-state index is 12.7. The van der Waals surface area contributed by atoms with Crippen molar-refractivity contribution in [3.63, 3.8) is 0 Å². The first-order valence-corrected chi connectivity index (χ1v) is 12.6. The summed E-state index contributed by atoms with van der Waals surface area (Å²) >= 11 is 8.65. The van der Waals surface area contributed by atoms with Crippen molar-refractivity contribution in [3.8, 4) is 16.2 Å². The Hall–Kier alpha value is -3.13. The van der Waals surface area contributed by atoms with Gasteiger partial charge in [-0.2, -0.15) is 0 Å². The van der Waals surface area contributed by atoms with Crippen LogP contribution in [0, 0.1) is 0 Å². The molecule has 0 spiro atoms. The first kappa shape index (κ1) is 24.0. The van der Waals surface area contributed by atoms with Gasteiger partial charge < -0.3 is 5.11 Å². The molecule has 1 aromatic carbocycles. The molecule has 3 aromatic heterocycles. The van der Waals surface area contributed by atoms with Crippen molar-refractivity contribution in [1.29, 1.82) is 0 Å². The van der Waals surface area contributed by atoms with E-state index in [4.69, 9.17) is 11.6 Å². The average Bonchev–Trinajstić information content (AvgIpc) is 3.49. The molecule has 8 heteroatoms. The van der Waals surface area contributed by atoms with Gasteiger partial charge in [-0.15, -0.1) is 22.7 Å². The molecule has 0 aliphatic rings. The second-order valence-electron chi connectivity index (χ2n) is 7.57. The van der Waals surface area contributed by atoms with Gasteiger partial charge in [0.2, 0.25) is 0 Å². The van der Waals surface area contributed by atoms with Crippen LogP contribution in [-0.4, -0.2) is 33.9 Å². The third-order valence-corrected chi connectivity index (χ3v) is 7.61. The Morgan fingerprint density at radius 2 is 1.85 bits per heavy atom. The summed E-state index contributed by atoms with van der Waals surface area (Å²) in [5.41, 5.74) is 2.84. The quantitative estimate of drug-likeness (QED) is 0.200. The fourth-order valence-corrected chi connectivity index (χ4v) is 5.44. The van der Waals surface area contributed by atoms with Crippen molar-refractivity contribution in [3.05, 3.63) is 92.2 Å². The summed E-state index contributed by atoms with van der Waals surface area (Å²) in [6, 6.07) is 16.3. The third kappa shape index (κ3) is 5.67. The van der Waals surface area contributed by atoms with E-state index >= 15 is 0 Å². The van der Waals surface area contributed by atoms with E-state index in [2.05, 4.69) is 9.98 Å². The number of aromatic hydroxyl groups is 1. The lowest BCUT2D eigenvalue weighted by molar-refractivity contribution is 0.0984. The van der Waals surface area contributed by atoms with Crippen molar-refractivity contribution in [1.82, 2.24) is 4.98 Å². The number of aromatic nitrogens is 1. The lowest BCUT2D eigenvalue weighted by Gasteiger charge is -2.02. The van der Waals surface area contributed by atoms with Gasteiger partial charge in [-0.25, -0.2) is 0 Å². The number of aryl methyl sites for hydroxylation is 1. The SMILES string of the molecule is CC(=NCC(=O)c1ccc(C(=O)CCc2ccccn2)s1)c1csc(-c2cccc(Cl)c2)c1O. The molecule has 5 nitrogen and oxygen atoms in total. The smallest absolute Gasteiger partial charge is 0.194 e. The topological polar surface area (TPSA) is 79.6 Å². The molecule has 0 aliphatic heterocycles. The Labute approximate surface area is 210 Å². The zero-order valence-electron chi connectivity index (χ0n) is 18.3. The lowest BCUT2D eigenvalue weighted by Crippen LogP contribution is -2.04. The molecule has 0 bridgehead atoms. The second kappa shape index (κ2) is 10.9. The van der Waals surface area contributed by atoms with Crippen LogP contribution >= 0.6 is 34.3 Å². The van der Waals surface area contributed by atoms with Gasteiger partial charge in [0, 0.05) is 40.0 Å². The Morgan fingerprint density at radius 3 is 2.59 bits per heavy atom. The fraction of sp³-hybridized carbons (Fsp3) is 0.154. The molecule has 0 saturated heterocycles. The molecular formula is C26H21ClN2O3S2. The molecule has 0 aliphatic carbocycles. The maximum atomic E-state index is 12.7. The van der Waals surface area contributed by atoms with Gasteiger partial charge in [0.1, 0.15) is 12.3 Å². The van der Waals surface area contributed by atoms with Crippen molar-refractivity contribution in [2.75, 3.05) is 6.54 Å². The van der Waals surface area contributed by atoms with Gasteiger partial charge >= 0.3 is 0 Å². The molecule has 0 saturated carbocycles. The number of ketones is 2. The minimum Gasteiger partial charge on any atom is -0.506 e. The molecular weight excluding hydrogens is 488 g/mol. The average molecular weight is 509 g/mol. The van der Waals surface area contributed by atoms with E-state index in [9.17, 15) is 14.7 Å². The van der Waals surface area contributed by atoms with Gasteiger partial charge in [0.25, 0.3) is 0 Å². The van der Waals surface area contributed by atoms with E-state index in [0.717, 1.165) is 11.3 Å². The molecule has 34 heavy (non-hydrogen) atoms. The maximum Gasteiger partial charge on any atom is 0.194 e. The van der Waals surface area contributed by atoms with Crippen LogP contribution in [0.5, 0.6) is 5.75 Å². The molecule has 3 heterocycles. The van der Waals surface area contributed by atoms with Crippen LogP contribution in [0.4, 0.5) is 0 Å². The van der Waals surface area contributed by atoms with Crippen molar-refractivity contribution < 1.29 is 14.7 Å². The summed E-state index contributed by atoms with van der Waals surface area (Å²) in [4.78, 5) is 35.5. The third-order valence-electron chi connectivity index (χ3n) is 5.19. The first-order valence-electron chi connectivity index (χ1n) is 10.6. The Bertz CT molecular complexity index is 1360. The minimum atomic E-state index is -0.169. The van der Waals surface area contributed by atoms with Crippen LogP contribution in [0.15, 0.2) is 71.2 Å².